The molecule has 1 heterocycles. The number of ether oxygens (including phenoxy) is 1. The number of esters is 1. The summed E-state index contributed by atoms with van der Waals surface area (Å²) >= 11 is 0. The zero-order valence-electron chi connectivity index (χ0n) is 12.3. The lowest BCUT2D eigenvalue weighted by molar-refractivity contribution is -0.143. The van der Waals surface area contributed by atoms with Gasteiger partial charge in [-0.05, 0) is 5.41 Å². The lowest BCUT2D eigenvalue weighted by Crippen LogP contribution is -2.56. The van der Waals surface area contributed by atoms with Crippen LogP contribution in [0.1, 0.15) is 20.8 Å². The van der Waals surface area contributed by atoms with E-state index in [-0.39, 0.29) is 23.8 Å². The molecule has 2 N–H and O–H groups in total. The molecule has 1 aliphatic heterocycles. The maximum absolute atomic E-state index is 12.2. The fraction of sp³-hybridized carbons (Fsp3) is 0.846. The third-order valence-corrected chi connectivity index (χ3v) is 3.46. The predicted octanol–water partition coefficient (Wildman–Crippen LogP) is -0.323. The highest BCUT2D eigenvalue weighted by atomic mass is 16.5. The molecule has 110 valence electrons. The summed E-state index contributed by atoms with van der Waals surface area (Å²) in [7, 11) is 1.38. The van der Waals surface area contributed by atoms with Gasteiger partial charge in [0.25, 0.3) is 0 Å². The Morgan fingerprint density at radius 1 is 1.21 bits per heavy atom. The lowest BCUT2D eigenvalue weighted by Gasteiger charge is -2.37. The molecule has 0 radical (unpaired) electrons. The fourth-order valence-electron chi connectivity index (χ4n) is 1.94. The third-order valence-electron chi connectivity index (χ3n) is 3.46. The maximum Gasteiger partial charge on any atom is 0.319 e. The van der Waals surface area contributed by atoms with Crippen molar-refractivity contribution in [3.63, 3.8) is 0 Å². The molecule has 1 atom stereocenters. The van der Waals surface area contributed by atoms with Crippen molar-refractivity contribution in [2.24, 2.45) is 11.1 Å². The standard InChI is InChI=1S/C13H25N3O3/c1-13(2,3)11(14)12(18)16-7-5-15(6-8-16)9-10(17)19-4/h11H,5-9,14H2,1-4H3/t11-/m0/s1. The summed E-state index contributed by atoms with van der Waals surface area (Å²) in [6.45, 7) is 8.74. The number of rotatable bonds is 3. The molecule has 1 saturated heterocycles. The Morgan fingerprint density at radius 2 is 1.74 bits per heavy atom. The van der Waals surface area contributed by atoms with Gasteiger partial charge in [0.15, 0.2) is 0 Å². The molecule has 1 aliphatic rings. The van der Waals surface area contributed by atoms with E-state index in [9.17, 15) is 9.59 Å². The van der Waals surface area contributed by atoms with Crippen molar-refractivity contribution in [3.05, 3.63) is 0 Å². The lowest BCUT2D eigenvalue weighted by atomic mass is 9.86. The largest absolute Gasteiger partial charge is 0.468 e. The van der Waals surface area contributed by atoms with Crippen molar-refractivity contribution >= 4 is 11.9 Å². The van der Waals surface area contributed by atoms with Gasteiger partial charge in [-0.2, -0.15) is 0 Å². The number of hydrogen-bond donors (Lipinski definition) is 1. The van der Waals surface area contributed by atoms with Gasteiger partial charge in [0.1, 0.15) is 0 Å². The van der Waals surface area contributed by atoms with Gasteiger partial charge in [0.05, 0.1) is 19.7 Å². The molecular weight excluding hydrogens is 246 g/mol. The minimum Gasteiger partial charge on any atom is -0.468 e. The van der Waals surface area contributed by atoms with E-state index in [2.05, 4.69) is 4.74 Å². The number of amides is 1. The van der Waals surface area contributed by atoms with Crippen molar-refractivity contribution in [2.75, 3.05) is 39.8 Å². The fourth-order valence-corrected chi connectivity index (χ4v) is 1.94. The Bertz CT molecular complexity index is 331. The smallest absolute Gasteiger partial charge is 0.319 e. The number of hydrogen-bond acceptors (Lipinski definition) is 5. The second-order valence-corrected chi connectivity index (χ2v) is 6.02. The Hall–Kier alpha value is -1.14. The Morgan fingerprint density at radius 3 is 2.16 bits per heavy atom. The van der Waals surface area contributed by atoms with Crippen LogP contribution in [0.5, 0.6) is 0 Å². The monoisotopic (exact) mass is 271 g/mol. The summed E-state index contributed by atoms with van der Waals surface area (Å²) in [5.41, 5.74) is 5.75. The normalized spacial score (nSPS) is 19.1. The van der Waals surface area contributed by atoms with Crippen LogP contribution in [0.25, 0.3) is 0 Å². The molecule has 0 aromatic carbocycles. The molecule has 1 fully saturated rings. The zero-order chi connectivity index (χ0) is 14.6. The molecule has 0 aromatic rings. The van der Waals surface area contributed by atoms with E-state index in [4.69, 9.17) is 5.73 Å². The first-order valence-corrected chi connectivity index (χ1v) is 6.59. The molecule has 6 heteroatoms. The summed E-state index contributed by atoms with van der Waals surface area (Å²) in [4.78, 5) is 27.2. The summed E-state index contributed by atoms with van der Waals surface area (Å²) in [5, 5.41) is 0. The van der Waals surface area contributed by atoms with Gasteiger partial charge in [-0.25, -0.2) is 0 Å². The summed E-state index contributed by atoms with van der Waals surface area (Å²) in [5.74, 6) is -0.253. The number of carbonyl (C=O) groups is 2. The van der Waals surface area contributed by atoms with E-state index in [0.29, 0.717) is 26.2 Å². The number of carbonyl (C=O) groups excluding carboxylic acids is 2. The highest BCUT2D eigenvalue weighted by Crippen LogP contribution is 2.19. The minimum absolute atomic E-state index is 0.00906. The van der Waals surface area contributed by atoms with Crippen molar-refractivity contribution in [1.29, 1.82) is 0 Å². The van der Waals surface area contributed by atoms with E-state index in [1.54, 1.807) is 4.90 Å². The highest BCUT2D eigenvalue weighted by molar-refractivity contribution is 5.82. The molecule has 0 aromatic heterocycles. The van der Waals surface area contributed by atoms with Crippen LogP contribution in [0.4, 0.5) is 0 Å². The number of nitrogens with zero attached hydrogens (tertiary/aromatic N) is 2. The van der Waals surface area contributed by atoms with Crippen LogP contribution in [0.2, 0.25) is 0 Å². The molecule has 0 bridgehead atoms. The van der Waals surface area contributed by atoms with Crippen LogP contribution in [0, 0.1) is 5.41 Å². The van der Waals surface area contributed by atoms with E-state index in [1.807, 2.05) is 25.7 Å². The van der Waals surface area contributed by atoms with E-state index in [1.165, 1.54) is 7.11 Å². The molecular formula is C13H25N3O3. The second kappa shape index (κ2) is 6.34. The quantitative estimate of drug-likeness (QED) is 0.712. The Kier molecular flexibility index (Phi) is 5.31. The summed E-state index contributed by atoms with van der Waals surface area (Å²) in [6, 6.07) is -0.486. The van der Waals surface area contributed by atoms with E-state index in [0.717, 1.165) is 0 Å². The van der Waals surface area contributed by atoms with Crippen LogP contribution in [-0.4, -0.2) is 67.6 Å². The molecule has 1 rings (SSSR count). The van der Waals surface area contributed by atoms with Crippen LogP contribution < -0.4 is 5.73 Å². The van der Waals surface area contributed by atoms with Gasteiger partial charge in [-0.1, -0.05) is 20.8 Å². The maximum atomic E-state index is 12.2. The minimum atomic E-state index is -0.486. The molecule has 19 heavy (non-hydrogen) atoms. The Labute approximate surface area is 114 Å². The van der Waals surface area contributed by atoms with Crippen LogP contribution >= 0.6 is 0 Å². The molecule has 6 nitrogen and oxygen atoms in total. The first-order valence-electron chi connectivity index (χ1n) is 6.59. The average molecular weight is 271 g/mol. The summed E-state index contributed by atoms with van der Waals surface area (Å²) < 4.78 is 4.63. The van der Waals surface area contributed by atoms with Gasteiger partial charge < -0.3 is 15.4 Å². The SMILES string of the molecule is COC(=O)CN1CCN(C(=O)[C@H](N)C(C)(C)C)CC1. The van der Waals surface area contributed by atoms with Gasteiger partial charge in [-0.3, -0.25) is 14.5 Å². The number of methoxy groups -OCH3 is 1. The molecule has 1 amide bonds. The topological polar surface area (TPSA) is 75.9 Å². The number of piperazine rings is 1. The number of nitrogens with two attached hydrogens (primary N) is 1. The highest BCUT2D eigenvalue weighted by Gasteiger charge is 2.32. The van der Waals surface area contributed by atoms with Crippen molar-refractivity contribution in [2.45, 2.75) is 26.8 Å². The first-order chi connectivity index (χ1) is 8.75. The molecule has 0 aliphatic carbocycles. The zero-order valence-corrected chi connectivity index (χ0v) is 12.3. The van der Waals surface area contributed by atoms with Crippen LogP contribution in [-0.2, 0) is 14.3 Å². The summed E-state index contributed by atoms with van der Waals surface area (Å²) in [6.07, 6.45) is 0. The van der Waals surface area contributed by atoms with Crippen LogP contribution in [0.15, 0.2) is 0 Å². The van der Waals surface area contributed by atoms with E-state index >= 15 is 0 Å². The second-order valence-electron chi connectivity index (χ2n) is 6.02. The third kappa shape index (κ3) is 4.47. The first kappa shape index (κ1) is 15.9. The van der Waals surface area contributed by atoms with Crippen LogP contribution in [0.3, 0.4) is 0 Å². The van der Waals surface area contributed by atoms with E-state index < -0.39 is 6.04 Å². The van der Waals surface area contributed by atoms with Crippen molar-refractivity contribution in [3.8, 4) is 0 Å². The average Bonchev–Trinajstić information content (AvgIpc) is 2.36. The van der Waals surface area contributed by atoms with Gasteiger partial charge in [0, 0.05) is 26.2 Å². The van der Waals surface area contributed by atoms with Crippen molar-refractivity contribution in [1.82, 2.24) is 9.80 Å². The Balaban J connectivity index is 2.45. The molecule has 0 unspecified atom stereocenters. The van der Waals surface area contributed by atoms with Gasteiger partial charge >= 0.3 is 5.97 Å². The molecule has 0 saturated carbocycles. The predicted molar refractivity (Wildman–Crippen MR) is 72.5 cm³/mol. The van der Waals surface area contributed by atoms with Gasteiger partial charge in [-0.15, -0.1) is 0 Å². The van der Waals surface area contributed by atoms with Gasteiger partial charge in [0.2, 0.25) is 5.91 Å². The molecule has 0 spiro atoms. The van der Waals surface area contributed by atoms with Crippen molar-refractivity contribution < 1.29 is 14.3 Å².